The van der Waals surface area contributed by atoms with Gasteiger partial charge >= 0.3 is 0 Å². The molecule has 4 aromatic rings. The van der Waals surface area contributed by atoms with Gasteiger partial charge in [-0.05, 0) is 106 Å². The standard InChI is InChI=1S/C31H45N5OS/c1-23(2)11-18-34(19-12-24(3)4)22-25-9-10-27-28(21-25)35(17-8-16-33-14-6-5-7-15-33)31-32-26-13-20-38-29(26)30(37)36(27)31/h9-10,13,20-21,23-24H,5-8,11-12,14-19,22H2,1-4H3. The van der Waals surface area contributed by atoms with Gasteiger partial charge < -0.3 is 9.47 Å². The van der Waals surface area contributed by atoms with Crippen LogP contribution in [0.2, 0.25) is 0 Å². The van der Waals surface area contributed by atoms with E-state index >= 15 is 0 Å². The zero-order valence-corrected chi connectivity index (χ0v) is 24.6. The Labute approximate surface area is 231 Å². The van der Waals surface area contributed by atoms with Crippen LogP contribution in [0.4, 0.5) is 0 Å². The van der Waals surface area contributed by atoms with Gasteiger partial charge in [-0.1, -0.05) is 40.2 Å². The molecule has 0 saturated carbocycles. The first-order chi connectivity index (χ1) is 18.4. The Kier molecular flexibility index (Phi) is 8.86. The van der Waals surface area contributed by atoms with E-state index in [-0.39, 0.29) is 5.56 Å². The molecule has 38 heavy (non-hydrogen) atoms. The lowest BCUT2D eigenvalue weighted by atomic mass is 10.1. The summed E-state index contributed by atoms with van der Waals surface area (Å²) in [5.41, 5.74) is 4.30. The van der Waals surface area contributed by atoms with Gasteiger partial charge in [-0.25, -0.2) is 9.38 Å². The van der Waals surface area contributed by atoms with Crippen molar-refractivity contribution in [1.82, 2.24) is 23.8 Å². The summed E-state index contributed by atoms with van der Waals surface area (Å²) in [5, 5.41) is 1.97. The van der Waals surface area contributed by atoms with Crippen LogP contribution >= 0.6 is 11.3 Å². The fourth-order valence-corrected chi connectivity index (χ4v) is 6.50. The third kappa shape index (κ3) is 6.16. The summed E-state index contributed by atoms with van der Waals surface area (Å²) in [5.74, 6) is 2.18. The fraction of sp³-hybridized carbons (Fsp3) is 0.613. The summed E-state index contributed by atoms with van der Waals surface area (Å²) in [4.78, 5) is 23.8. The van der Waals surface area contributed by atoms with Crippen molar-refractivity contribution in [2.75, 3.05) is 32.7 Å². The van der Waals surface area contributed by atoms with E-state index in [0.717, 1.165) is 66.2 Å². The average molecular weight is 536 g/mol. The minimum atomic E-state index is 0.0584. The Morgan fingerprint density at radius 2 is 1.68 bits per heavy atom. The van der Waals surface area contributed by atoms with Crippen LogP contribution in [0.15, 0.2) is 34.4 Å². The molecule has 206 valence electrons. The summed E-state index contributed by atoms with van der Waals surface area (Å²) in [7, 11) is 0. The lowest BCUT2D eigenvalue weighted by Crippen LogP contribution is -2.31. The van der Waals surface area contributed by atoms with E-state index in [1.54, 1.807) is 0 Å². The molecule has 1 fully saturated rings. The van der Waals surface area contributed by atoms with Crippen molar-refractivity contribution in [2.45, 2.75) is 79.3 Å². The molecule has 0 bridgehead atoms. The second-order valence-corrected chi connectivity index (χ2v) is 13.0. The fourth-order valence-electron chi connectivity index (χ4n) is 5.74. The Morgan fingerprint density at radius 1 is 0.947 bits per heavy atom. The van der Waals surface area contributed by atoms with Crippen LogP contribution in [-0.2, 0) is 13.1 Å². The highest BCUT2D eigenvalue weighted by Gasteiger charge is 2.18. The van der Waals surface area contributed by atoms with Crippen LogP contribution in [-0.4, -0.2) is 56.5 Å². The largest absolute Gasteiger partial charge is 0.309 e. The number of rotatable bonds is 12. The topological polar surface area (TPSA) is 45.8 Å². The number of likely N-dealkylation sites (tertiary alicyclic amines) is 1. The number of thiophene rings is 1. The molecule has 1 aliphatic heterocycles. The van der Waals surface area contributed by atoms with E-state index in [2.05, 4.69) is 60.3 Å². The third-order valence-electron chi connectivity index (χ3n) is 8.03. The zero-order valence-electron chi connectivity index (χ0n) is 23.8. The van der Waals surface area contributed by atoms with Gasteiger partial charge in [0.1, 0.15) is 4.70 Å². The second kappa shape index (κ2) is 12.3. The van der Waals surface area contributed by atoms with Crippen molar-refractivity contribution >= 4 is 38.4 Å². The van der Waals surface area contributed by atoms with Crippen LogP contribution in [0.3, 0.4) is 0 Å². The SMILES string of the molecule is CC(C)CCN(CCC(C)C)Cc1ccc2c(c1)n(CCCN1CCCCC1)c1nc3ccsc3c(=O)n21. The first kappa shape index (κ1) is 27.4. The number of benzene rings is 1. The van der Waals surface area contributed by atoms with Crippen LogP contribution in [0.5, 0.6) is 0 Å². The van der Waals surface area contributed by atoms with Gasteiger partial charge in [0.15, 0.2) is 0 Å². The van der Waals surface area contributed by atoms with Crippen molar-refractivity contribution in [3.8, 4) is 0 Å². The van der Waals surface area contributed by atoms with Gasteiger partial charge in [0, 0.05) is 13.1 Å². The first-order valence-electron chi connectivity index (χ1n) is 14.8. The van der Waals surface area contributed by atoms with E-state index in [4.69, 9.17) is 4.98 Å². The van der Waals surface area contributed by atoms with E-state index in [1.165, 1.54) is 62.1 Å². The predicted molar refractivity (Wildman–Crippen MR) is 161 cm³/mol. The molecular formula is C31H45N5OS. The summed E-state index contributed by atoms with van der Waals surface area (Å²) in [6, 6.07) is 8.69. The maximum absolute atomic E-state index is 13.6. The number of aryl methyl sites for hydroxylation is 1. The molecule has 4 heterocycles. The summed E-state index contributed by atoms with van der Waals surface area (Å²) in [6.45, 7) is 16.8. The van der Waals surface area contributed by atoms with Gasteiger partial charge in [-0.2, -0.15) is 0 Å². The maximum atomic E-state index is 13.6. The van der Waals surface area contributed by atoms with E-state index in [1.807, 2.05) is 15.8 Å². The normalized spacial score (nSPS) is 15.3. The van der Waals surface area contributed by atoms with Crippen LogP contribution in [0.1, 0.15) is 71.8 Å². The Bertz CT molecular complexity index is 1400. The van der Waals surface area contributed by atoms with Crippen LogP contribution < -0.4 is 5.56 Å². The lowest BCUT2D eigenvalue weighted by molar-refractivity contribution is 0.223. The molecule has 0 N–H and O–H groups in total. The lowest BCUT2D eigenvalue weighted by Gasteiger charge is -2.26. The monoisotopic (exact) mass is 535 g/mol. The molecular weight excluding hydrogens is 490 g/mol. The average Bonchev–Trinajstić information content (AvgIpc) is 3.49. The summed E-state index contributed by atoms with van der Waals surface area (Å²) in [6.07, 6.45) is 7.49. The third-order valence-corrected chi connectivity index (χ3v) is 8.92. The molecule has 0 aliphatic carbocycles. The van der Waals surface area contributed by atoms with E-state index in [0.29, 0.717) is 11.8 Å². The van der Waals surface area contributed by atoms with Crippen molar-refractivity contribution < 1.29 is 0 Å². The minimum absolute atomic E-state index is 0.0584. The van der Waals surface area contributed by atoms with Crippen LogP contribution in [0, 0.1) is 11.8 Å². The van der Waals surface area contributed by atoms with Crippen molar-refractivity contribution in [1.29, 1.82) is 0 Å². The van der Waals surface area contributed by atoms with Crippen molar-refractivity contribution in [2.24, 2.45) is 11.8 Å². The van der Waals surface area contributed by atoms with Gasteiger partial charge in [0.2, 0.25) is 5.78 Å². The number of fused-ring (bicyclic) bond motifs is 4. The second-order valence-electron chi connectivity index (χ2n) is 12.1. The maximum Gasteiger partial charge on any atom is 0.277 e. The Hall–Kier alpha value is -2.22. The molecule has 0 atom stereocenters. The van der Waals surface area contributed by atoms with Crippen molar-refractivity contribution in [3.63, 3.8) is 0 Å². The van der Waals surface area contributed by atoms with E-state index in [9.17, 15) is 4.79 Å². The first-order valence-corrected chi connectivity index (χ1v) is 15.6. The van der Waals surface area contributed by atoms with Gasteiger partial charge in [-0.3, -0.25) is 9.69 Å². The molecule has 0 radical (unpaired) electrons. The van der Waals surface area contributed by atoms with Crippen LogP contribution in [0.25, 0.3) is 27.0 Å². The molecule has 1 aromatic carbocycles. The molecule has 1 aliphatic rings. The van der Waals surface area contributed by atoms with Crippen molar-refractivity contribution in [3.05, 3.63) is 45.6 Å². The molecule has 0 amide bonds. The summed E-state index contributed by atoms with van der Waals surface area (Å²) < 4.78 is 4.91. The number of hydrogen-bond donors (Lipinski definition) is 0. The highest BCUT2D eigenvalue weighted by Crippen LogP contribution is 2.25. The zero-order chi connectivity index (χ0) is 26.6. The quantitative estimate of drug-likeness (QED) is 0.204. The number of nitrogens with zero attached hydrogens (tertiary/aromatic N) is 5. The van der Waals surface area contributed by atoms with E-state index < -0.39 is 0 Å². The molecule has 7 heteroatoms. The number of imidazole rings is 1. The summed E-state index contributed by atoms with van der Waals surface area (Å²) >= 11 is 1.49. The Balaban J connectivity index is 1.49. The number of aromatic nitrogens is 3. The molecule has 6 nitrogen and oxygen atoms in total. The highest BCUT2D eigenvalue weighted by atomic mass is 32.1. The smallest absolute Gasteiger partial charge is 0.277 e. The number of hydrogen-bond acceptors (Lipinski definition) is 5. The Morgan fingerprint density at radius 3 is 2.39 bits per heavy atom. The molecule has 0 unspecified atom stereocenters. The van der Waals surface area contributed by atoms with Gasteiger partial charge in [0.05, 0.1) is 16.6 Å². The number of piperidine rings is 1. The van der Waals surface area contributed by atoms with Gasteiger partial charge in [0.25, 0.3) is 5.56 Å². The highest BCUT2D eigenvalue weighted by molar-refractivity contribution is 7.17. The predicted octanol–water partition coefficient (Wildman–Crippen LogP) is 6.63. The molecule has 0 spiro atoms. The minimum Gasteiger partial charge on any atom is -0.309 e. The molecule has 1 saturated heterocycles. The molecule has 5 rings (SSSR count). The van der Waals surface area contributed by atoms with Gasteiger partial charge in [-0.15, -0.1) is 11.3 Å². The molecule has 3 aromatic heterocycles.